The molecule has 7 nitrogen and oxygen atoms in total. The maximum Gasteiger partial charge on any atom is 0.264 e. The topological polar surface area (TPSA) is 86.8 Å². The molecule has 0 unspecified atom stereocenters. The van der Waals surface area contributed by atoms with Crippen molar-refractivity contribution in [2.45, 2.75) is 82.2 Å². The molecule has 1 atom stereocenters. The molecule has 2 amide bonds. The minimum atomic E-state index is -4.07. The summed E-state index contributed by atoms with van der Waals surface area (Å²) in [5.74, 6) is -0.312. The molecule has 0 spiro atoms. The third kappa shape index (κ3) is 7.79. The van der Waals surface area contributed by atoms with Crippen molar-refractivity contribution in [3.63, 3.8) is 0 Å². The Bertz CT molecular complexity index is 1400. The number of hydrogen-bond donors (Lipinski definition) is 1. The Hall–Kier alpha value is -3.65. The molecule has 0 heterocycles. The molecule has 0 aromatic heterocycles. The summed E-state index contributed by atoms with van der Waals surface area (Å²) in [7, 11) is -4.07. The Kier molecular flexibility index (Phi) is 10.8. The van der Waals surface area contributed by atoms with Crippen LogP contribution in [0.25, 0.3) is 0 Å². The fraction of sp³-hybridized carbons (Fsp3) is 0.412. The zero-order valence-electron chi connectivity index (χ0n) is 24.9. The van der Waals surface area contributed by atoms with Gasteiger partial charge in [0.1, 0.15) is 12.6 Å². The summed E-state index contributed by atoms with van der Waals surface area (Å²) in [6.07, 6.45) is 5.02. The van der Waals surface area contributed by atoms with E-state index in [4.69, 9.17) is 0 Å². The van der Waals surface area contributed by atoms with Gasteiger partial charge in [0.2, 0.25) is 11.8 Å². The van der Waals surface area contributed by atoms with Crippen LogP contribution in [0.1, 0.15) is 69.9 Å². The number of carbonyl (C=O) groups is 2. The van der Waals surface area contributed by atoms with E-state index in [0.717, 1.165) is 36.8 Å². The van der Waals surface area contributed by atoms with Crippen LogP contribution >= 0.6 is 0 Å². The molecule has 1 saturated carbocycles. The summed E-state index contributed by atoms with van der Waals surface area (Å²) < 4.78 is 29.1. The molecule has 3 aromatic carbocycles. The summed E-state index contributed by atoms with van der Waals surface area (Å²) in [5.41, 5.74) is 2.52. The van der Waals surface area contributed by atoms with E-state index in [9.17, 15) is 18.0 Å². The number of amides is 2. The van der Waals surface area contributed by atoms with Crippen molar-refractivity contribution >= 4 is 27.5 Å². The summed E-state index contributed by atoms with van der Waals surface area (Å²) in [5, 5.41) is 3.16. The fourth-order valence-electron chi connectivity index (χ4n) is 5.54. The van der Waals surface area contributed by atoms with Crippen LogP contribution in [0.15, 0.2) is 89.8 Å². The number of nitrogens with zero attached hydrogens (tertiary/aromatic N) is 2. The molecule has 1 aliphatic carbocycles. The van der Waals surface area contributed by atoms with Crippen LogP contribution in [0.2, 0.25) is 0 Å². The predicted octanol–water partition coefficient (Wildman–Crippen LogP) is 5.91. The first kappa shape index (κ1) is 31.3. The average molecular weight is 590 g/mol. The molecule has 224 valence electrons. The van der Waals surface area contributed by atoms with Crippen molar-refractivity contribution in [1.29, 1.82) is 0 Å². The monoisotopic (exact) mass is 589 g/mol. The van der Waals surface area contributed by atoms with Crippen LogP contribution in [-0.2, 0) is 26.0 Å². The Balaban J connectivity index is 1.67. The van der Waals surface area contributed by atoms with Crippen LogP contribution < -0.4 is 9.62 Å². The van der Waals surface area contributed by atoms with Crippen LogP contribution in [-0.4, -0.2) is 50.3 Å². The number of carbonyl (C=O) groups excluding carboxylic acids is 2. The lowest BCUT2D eigenvalue weighted by Gasteiger charge is -2.33. The Morgan fingerprint density at radius 3 is 2.05 bits per heavy atom. The minimum absolute atomic E-state index is 0.104. The molecule has 0 bridgehead atoms. The smallest absolute Gasteiger partial charge is 0.264 e. The maximum atomic E-state index is 14.2. The van der Waals surface area contributed by atoms with Gasteiger partial charge >= 0.3 is 0 Å². The SMILES string of the molecule is CC[C@@H](C(=O)NC1CCCC1)N(CCc1ccccc1)C(=O)CN(c1ccc(C(C)C)cc1)S(=O)(=O)c1ccccc1. The molecule has 0 aliphatic heterocycles. The molecule has 1 fully saturated rings. The lowest BCUT2D eigenvalue weighted by atomic mass is 10.0. The summed E-state index contributed by atoms with van der Waals surface area (Å²) in [6, 6.07) is 24.7. The highest BCUT2D eigenvalue weighted by Crippen LogP contribution is 2.27. The largest absolute Gasteiger partial charge is 0.352 e. The normalized spacial score (nSPS) is 14.5. The predicted molar refractivity (Wildman–Crippen MR) is 168 cm³/mol. The van der Waals surface area contributed by atoms with E-state index in [1.165, 1.54) is 16.4 Å². The second kappa shape index (κ2) is 14.5. The lowest BCUT2D eigenvalue weighted by Crippen LogP contribution is -2.54. The second-order valence-corrected chi connectivity index (χ2v) is 13.2. The molecular weight excluding hydrogens is 546 g/mol. The lowest BCUT2D eigenvalue weighted by molar-refractivity contribution is -0.139. The number of nitrogens with one attached hydrogen (secondary N) is 1. The van der Waals surface area contributed by atoms with Crippen molar-refractivity contribution in [2.75, 3.05) is 17.4 Å². The second-order valence-electron chi connectivity index (χ2n) is 11.3. The van der Waals surface area contributed by atoms with Gasteiger partial charge in [0.05, 0.1) is 10.6 Å². The van der Waals surface area contributed by atoms with Gasteiger partial charge in [0.15, 0.2) is 0 Å². The number of anilines is 1. The van der Waals surface area contributed by atoms with Gasteiger partial charge in [-0.25, -0.2) is 8.42 Å². The standard InChI is InChI=1S/C34H43N3O4S/c1-4-32(34(39)35-29-15-11-12-16-29)36(24-23-27-13-7-5-8-14-27)33(38)25-37(30-21-19-28(20-22-30)26(2)3)42(40,41)31-17-9-6-10-18-31/h5-10,13-14,17-22,26,29,32H,4,11-12,15-16,23-25H2,1-3H3,(H,35,39)/t32-/m0/s1. The summed E-state index contributed by atoms with van der Waals surface area (Å²) in [6.45, 7) is 5.92. The first-order valence-electron chi connectivity index (χ1n) is 15.0. The fourth-order valence-corrected chi connectivity index (χ4v) is 6.97. The molecular formula is C34H43N3O4S. The van der Waals surface area contributed by atoms with Crippen molar-refractivity contribution in [3.05, 3.63) is 96.1 Å². The number of rotatable bonds is 13. The molecule has 4 rings (SSSR count). The van der Waals surface area contributed by atoms with Gasteiger partial charge in [-0.1, -0.05) is 94.3 Å². The van der Waals surface area contributed by atoms with Crippen LogP contribution in [0.3, 0.4) is 0 Å². The summed E-state index contributed by atoms with van der Waals surface area (Å²) in [4.78, 5) is 29.4. The average Bonchev–Trinajstić information content (AvgIpc) is 3.51. The van der Waals surface area contributed by atoms with Crippen LogP contribution in [0.5, 0.6) is 0 Å². The summed E-state index contributed by atoms with van der Waals surface area (Å²) >= 11 is 0. The van der Waals surface area contributed by atoms with Crippen molar-refractivity contribution in [1.82, 2.24) is 10.2 Å². The van der Waals surface area contributed by atoms with E-state index in [2.05, 4.69) is 19.2 Å². The van der Waals surface area contributed by atoms with E-state index < -0.39 is 28.5 Å². The third-order valence-electron chi connectivity index (χ3n) is 8.03. The quantitative estimate of drug-likeness (QED) is 0.268. The minimum Gasteiger partial charge on any atom is -0.352 e. The van der Waals surface area contributed by atoms with E-state index in [-0.39, 0.29) is 22.8 Å². The van der Waals surface area contributed by atoms with Gasteiger partial charge in [-0.3, -0.25) is 13.9 Å². The number of sulfonamides is 1. The van der Waals surface area contributed by atoms with Gasteiger partial charge in [-0.05, 0) is 67.0 Å². The highest BCUT2D eigenvalue weighted by molar-refractivity contribution is 7.92. The first-order chi connectivity index (χ1) is 20.2. The Morgan fingerprint density at radius 1 is 0.881 bits per heavy atom. The number of benzene rings is 3. The molecule has 1 aliphatic rings. The number of hydrogen-bond acceptors (Lipinski definition) is 4. The van der Waals surface area contributed by atoms with Crippen molar-refractivity contribution in [3.8, 4) is 0 Å². The van der Waals surface area contributed by atoms with Gasteiger partial charge < -0.3 is 10.2 Å². The van der Waals surface area contributed by atoms with Crippen LogP contribution in [0, 0.1) is 0 Å². The molecule has 0 saturated heterocycles. The third-order valence-corrected chi connectivity index (χ3v) is 9.82. The maximum absolute atomic E-state index is 14.2. The van der Waals surface area contributed by atoms with Gasteiger partial charge in [0, 0.05) is 12.6 Å². The highest BCUT2D eigenvalue weighted by atomic mass is 32.2. The highest BCUT2D eigenvalue weighted by Gasteiger charge is 2.34. The molecule has 8 heteroatoms. The van der Waals surface area contributed by atoms with E-state index >= 15 is 0 Å². The van der Waals surface area contributed by atoms with Gasteiger partial charge in [0.25, 0.3) is 10.0 Å². The molecule has 3 aromatic rings. The zero-order valence-corrected chi connectivity index (χ0v) is 25.7. The Morgan fingerprint density at radius 2 is 1.48 bits per heavy atom. The first-order valence-corrected chi connectivity index (χ1v) is 16.5. The zero-order chi connectivity index (χ0) is 30.1. The van der Waals surface area contributed by atoms with E-state index in [0.29, 0.717) is 25.1 Å². The van der Waals surface area contributed by atoms with E-state index in [1.54, 1.807) is 35.2 Å². The Labute approximate surface area is 251 Å². The molecule has 42 heavy (non-hydrogen) atoms. The van der Waals surface area contributed by atoms with Crippen molar-refractivity contribution in [2.24, 2.45) is 0 Å². The van der Waals surface area contributed by atoms with Gasteiger partial charge in [-0.15, -0.1) is 0 Å². The van der Waals surface area contributed by atoms with Gasteiger partial charge in [-0.2, -0.15) is 0 Å². The molecule has 1 N–H and O–H groups in total. The van der Waals surface area contributed by atoms with E-state index in [1.807, 2.05) is 49.4 Å². The van der Waals surface area contributed by atoms with Crippen molar-refractivity contribution < 1.29 is 18.0 Å². The molecule has 0 radical (unpaired) electrons. The van der Waals surface area contributed by atoms with Crippen LogP contribution in [0.4, 0.5) is 5.69 Å².